The molecule has 3 heteroatoms. The number of hydrogen-bond acceptors (Lipinski definition) is 2. The van der Waals surface area contributed by atoms with Crippen LogP contribution in [0.25, 0.3) is 11.3 Å². The van der Waals surface area contributed by atoms with Gasteiger partial charge >= 0.3 is 0 Å². The van der Waals surface area contributed by atoms with Crippen LogP contribution in [0.4, 0.5) is 5.69 Å². The summed E-state index contributed by atoms with van der Waals surface area (Å²) in [5, 5.41) is 0. The predicted octanol–water partition coefficient (Wildman–Crippen LogP) is 2.83. The van der Waals surface area contributed by atoms with Gasteiger partial charge in [0.15, 0.2) is 0 Å². The molecule has 0 unspecified atom stereocenters. The topological polar surface area (TPSA) is 34.0 Å². The highest BCUT2D eigenvalue weighted by atomic mass is 16.1. The van der Waals surface area contributed by atoms with Crippen LogP contribution in [0.1, 0.15) is 0 Å². The lowest BCUT2D eigenvalue weighted by molar-refractivity contribution is 0.939. The van der Waals surface area contributed by atoms with E-state index in [1.807, 2.05) is 60.7 Å². The Hall–Kier alpha value is -2.55. The van der Waals surface area contributed by atoms with Gasteiger partial charge in [-0.25, -0.2) is 4.68 Å². The lowest BCUT2D eigenvalue weighted by atomic mass is 10.2. The van der Waals surface area contributed by atoms with Crippen LogP contribution in [-0.2, 0) is 0 Å². The van der Waals surface area contributed by atoms with E-state index in [9.17, 15) is 4.79 Å². The minimum atomic E-state index is -0.0555. The molecule has 0 aromatic heterocycles. The lowest BCUT2D eigenvalue weighted by Gasteiger charge is -2.08. The molecule has 0 fully saturated rings. The summed E-state index contributed by atoms with van der Waals surface area (Å²) in [5.74, 6) is 0. The number of rotatable bonds is 2. The molecule has 2 aliphatic rings. The summed E-state index contributed by atoms with van der Waals surface area (Å²) < 4.78 is 1.56. The smallest absolute Gasteiger partial charge is 0.270 e. The molecule has 88 valence electrons. The summed E-state index contributed by atoms with van der Waals surface area (Å²) in [4.78, 5) is 11.9. The Balaban J connectivity index is 2.09. The fourth-order valence-electron chi connectivity index (χ4n) is 1.95. The van der Waals surface area contributed by atoms with Crippen molar-refractivity contribution < 1.29 is 0 Å². The zero-order valence-corrected chi connectivity index (χ0v) is 9.71. The molecule has 0 saturated carbocycles. The number of anilines is 1. The summed E-state index contributed by atoms with van der Waals surface area (Å²) in [6.07, 6.45) is 0. The van der Waals surface area contributed by atoms with E-state index in [1.54, 1.807) is 10.7 Å². The number of benzene rings is 1. The van der Waals surface area contributed by atoms with Gasteiger partial charge in [-0.2, -0.15) is 0 Å². The summed E-state index contributed by atoms with van der Waals surface area (Å²) in [7, 11) is 0. The molecule has 1 N–H and O–H groups in total. The summed E-state index contributed by atoms with van der Waals surface area (Å²) in [5.41, 5.74) is 5.74. The van der Waals surface area contributed by atoms with E-state index < -0.39 is 0 Å². The number of nitrogens with zero attached hydrogens (tertiary/aromatic N) is 1. The molecular weight excluding hydrogens is 224 g/mol. The first-order valence-electron chi connectivity index (χ1n) is 5.77. The van der Waals surface area contributed by atoms with Crippen molar-refractivity contribution in [3.8, 4) is 11.3 Å². The van der Waals surface area contributed by atoms with Crippen molar-refractivity contribution in [1.82, 2.24) is 4.68 Å². The van der Waals surface area contributed by atoms with Gasteiger partial charge in [0.2, 0.25) is 0 Å². The van der Waals surface area contributed by atoms with Crippen LogP contribution in [-0.4, -0.2) is 4.68 Å². The van der Waals surface area contributed by atoms with Gasteiger partial charge in [0, 0.05) is 11.6 Å². The van der Waals surface area contributed by atoms with E-state index in [4.69, 9.17) is 0 Å². The maximum Gasteiger partial charge on any atom is 0.270 e. The minimum Gasteiger partial charge on any atom is -0.291 e. The third kappa shape index (κ3) is 1.86. The van der Waals surface area contributed by atoms with Crippen molar-refractivity contribution >= 4 is 5.69 Å². The molecule has 18 heavy (non-hydrogen) atoms. The van der Waals surface area contributed by atoms with Crippen LogP contribution in [0.3, 0.4) is 0 Å². The summed E-state index contributed by atoms with van der Waals surface area (Å²) in [6, 6.07) is 20.9. The third-order valence-corrected chi connectivity index (χ3v) is 2.80. The Morgan fingerprint density at radius 2 is 1.50 bits per heavy atom. The summed E-state index contributed by atoms with van der Waals surface area (Å²) in [6.45, 7) is 0. The second-order valence-corrected chi connectivity index (χ2v) is 4.05. The largest absolute Gasteiger partial charge is 0.291 e. The average Bonchev–Trinajstić information content (AvgIpc) is 2.56. The zero-order chi connectivity index (χ0) is 12.4. The highest BCUT2D eigenvalue weighted by Gasteiger charge is 2.10. The molecule has 1 heterocycles. The van der Waals surface area contributed by atoms with E-state index >= 15 is 0 Å². The maximum absolute atomic E-state index is 11.9. The van der Waals surface area contributed by atoms with Gasteiger partial charge in [-0.15, -0.1) is 0 Å². The fraction of sp³-hybridized carbons (Fsp3) is 0. The number of nitrogens with one attached hydrogen (secondary N) is 1. The molecule has 1 aliphatic carbocycles. The number of aromatic nitrogens is 1. The first-order valence-corrected chi connectivity index (χ1v) is 5.77. The molecule has 1 aromatic carbocycles. The Kier molecular flexibility index (Phi) is 2.57. The molecule has 0 atom stereocenters. The quantitative estimate of drug-likeness (QED) is 0.742. The predicted molar refractivity (Wildman–Crippen MR) is 72.8 cm³/mol. The van der Waals surface area contributed by atoms with E-state index in [2.05, 4.69) is 5.43 Å². The molecule has 3 nitrogen and oxygen atoms in total. The number of para-hydroxylation sites is 1. The van der Waals surface area contributed by atoms with Crippen LogP contribution in [0.15, 0.2) is 71.5 Å². The van der Waals surface area contributed by atoms with Crippen LogP contribution in [0, 0.1) is 0 Å². The van der Waals surface area contributed by atoms with Crippen molar-refractivity contribution in [3.63, 3.8) is 0 Å². The molecule has 0 radical (unpaired) electrons. The molecule has 0 amide bonds. The molecular formula is C15H12N2O. The van der Waals surface area contributed by atoms with Crippen molar-refractivity contribution in [3.05, 3.63) is 77.1 Å². The minimum absolute atomic E-state index is 0.0555. The fourth-order valence-corrected chi connectivity index (χ4v) is 1.95. The normalized spacial score (nSPS) is 10.4. The number of hydrogen-bond donors (Lipinski definition) is 1. The van der Waals surface area contributed by atoms with Crippen LogP contribution in [0.5, 0.6) is 0 Å². The van der Waals surface area contributed by atoms with E-state index in [1.165, 1.54) is 0 Å². The second kappa shape index (κ2) is 4.37. The Morgan fingerprint density at radius 3 is 2.28 bits per heavy atom. The zero-order valence-electron chi connectivity index (χ0n) is 9.71. The Morgan fingerprint density at radius 1 is 0.833 bits per heavy atom. The Bertz CT molecular complexity index is 688. The molecule has 1 aromatic rings. The number of fused-ring (bicyclic) bond motifs is 1. The molecule has 1 aliphatic heterocycles. The van der Waals surface area contributed by atoms with Gasteiger partial charge in [-0.05, 0) is 18.2 Å². The SMILES string of the molecule is O=c1cc2cccccc-2n1Nc1ccccc1. The van der Waals surface area contributed by atoms with Crippen molar-refractivity contribution in [2.24, 2.45) is 0 Å². The highest BCUT2D eigenvalue weighted by molar-refractivity contribution is 5.62. The molecule has 3 rings (SSSR count). The monoisotopic (exact) mass is 236 g/mol. The van der Waals surface area contributed by atoms with Gasteiger partial charge < -0.3 is 0 Å². The van der Waals surface area contributed by atoms with Crippen molar-refractivity contribution in [2.45, 2.75) is 0 Å². The average molecular weight is 236 g/mol. The molecule has 0 spiro atoms. The van der Waals surface area contributed by atoms with Crippen molar-refractivity contribution in [2.75, 3.05) is 5.43 Å². The highest BCUT2D eigenvalue weighted by Crippen LogP contribution is 2.18. The van der Waals surface area contributed by atoms with Gasteiger partial charge in [0.05, 0.1) is 11.4 Å². The first-order chi connectivity index (χ1) is 8.84. The van der Waals surface area contributed by atoms with E-state index in [-0.39, 0.29) is 5.56 Å². The van der Waals surface area contributed by atoms with Gasteiger partial charge in [0.25, 0.3) is 5.56 Å². The van der Waals surface area contributed by atoms with Crippen molar-refractivity contribution in [1.29, 1.82) is 0 Å². The summed E-state index contributed by atoms with van der Waals surface area (Å²) >= 11 is 0. The molecule has 0 saturated heterocycles. The van der Waals surface area contributed by atoms with E-state index in [0.717, 1.165) is 16.9 Å². The molecule has 0 bridgehead atoms. The lowest BCUT2D eigenvalue weighted by Crippen LogP contribution is -2.21. The van der Waals surface area contributed by atoms with E-state index in [0.29, 0.717) is 0 Å². The Labute approximate surface area is 105 Å². The van der Waals surface area contributed by atoms with Gasteiger partial charge in [-0.3, -0.25) is 10.2 Å². The van der Waals surface area contributed by atoms with Crippen LogP contribution in [0.2, 0.25) is 0 Å². The van der Waals surface area contributed by atoms with Crippen LogP contribution >= 0.6 is 0 Å². The van der Waals surface area contributed by atoms with Gasteiger partial charge in [0.1, 0.15) is 0 Å². The van der Waals surface area contributed by atoms with Crippen LogP contribution < -0.4 is 11.0 Å². The maximum atomic E-state index is 11.9. The first kappa shape index (κ1) is 10.6. The second-order valence-electron chi connectivity index (χ2n) is 4.05. The standard InChI is InChI=1S/C15H12N2O/c18-15-11-12-7-3-1-6-10-14(12)17(15)16-13-8-4-2-5-9-13/h1-11,16H. The van der Waals surface area contributed by atoms with Gasteiger partial charge in [-0.1, -0.05) is 42.5 Å². The third-order valence-electron chi connectivity index (χ3n) is 2.80.